The third kappa shape index (κ3) is 4.26. The number of benzene rings is 1. The molecule has 1 aromatic heterocycles. The maximum Gasteiger partial charge on any atom is 0.317 e. The Bertz CT molecular complexity index is 781. The number of rotatable bonds is 4. The summed E-state index contributed by atoms with van der Waals surface area (Å²) in [4.78, 5) is 20.6. The average Bonchev–Trinajstić information content (AvgIpc) is 3.13. The van der Waals surface area contributed by atoms with E-state index in [2.05, 4.69) is 17.4 Å². The first kappa shape index (κ1) is 18.3. The first-order valence-electron chi connectivity index (χ1n) is 10.00. The third-order valence-corrected chi connectivity index (χ3v) is 6.49. The van der Waals surface area contributed by atoms with Crippen LogP contribution in [0.2, 0.25) is 0 Å². The molecule has 1 saturated carbocycles. The number of aromatic nitrogens is 1. The molecule has 2 amide bonds. The Balaban J connectivity index is 1.41. The molecular formula is C21H27N3O2S. The zero-order valence-electron chi connectivity index (χ0n) is 15.9. The van der Waals surface area contributed by atoms with Gasteiger partial charge in [-0.25, -0.2) is 9.78 Å². The molecule has 6 heteroatoms. The lowest BCUT2D eigenvalue weighted by Gasteiger charge is -2.30. The Labute approximate surface area is 164 Å². The second kappa shape index (κ2) is 8.30. The maximum atomic E-state index is 12.6. The SMILES string of the molecule is CCOc1ccc(-c2nc3c(s2)CN(C(=O)NC2CCCCC2)CC3)cc1. The molecule has 1 N–H and O–H groups in total. The Hall–Kier alpha value is -2.08. The number of hydrogen-bond acceptors (Lipinski definition) is 4. The molecule has 0 atom stereocenters. The Kier molecular flexibility index (Phi) is 5.62. The molecule has 2 heterocycles. The van der Waals surface area contributed by atoms with Crippen LogP contribution in [0.15, 0.2) is 24.3 Å². The number of carbonyl (C=O) groups is 1. The fourth-order valence-electron chi connectivity index (χ4n) is 3.87. The van der Waals surface area contributed by atoms with Crippen molar-refractivity contribution in [3.8, 4) is 16.3 Å². The maximum absolute atomic E-state index is 12.6. The Morgan fingerprint density at radius 3 is 2.78 bits per heavy atom. The summed E-state index contributed by atoms with van der Waals surface area (Å²) < 4.78 is 5.51. The van der Waals surface area contributed by atoms with Crippen molar-refractivity contribution in [2.24, 2.45) is 0 Å². The molecular weight excluding hydrogens is 358 g/mol. The second-order valence-electron chi connectivity index (χ2n) is 7.30. The van der Waals surface area contributed by atoms with Crippen LogP contribution in [0.25, 0.3) is 10.6 Å². The zero-order chi connectivity index (χ0) is 18.6. The predicted molar refractivity (Wildman–Crippen MR) is 108 cm³/mol. The number of hydrogen-bond donors (Lipinski definition) is 1. The van der Waals surface area contributed by atoms with Gasteiger partial charge in [0.25, 0.3) is 0 Å². The number of fused-ring (bicyclic) bond motifs is 1. The van der Waals surface area contributed by atoms with Crippen molar-refractivity contribution in [1.29, 1.82) is 0 Å². The van der Waals surface area contributed by atoms with E-state index in [9.17, 15) is 4.79 Å². The van der Waals surface area contributed by atoms with Crippen LogP contribution in [-0.4, -0.2) is 35.1 Å². The lowest BCUT2D eigenvalue weighted by molar-refractivity contribution is 0.185. The number of urea groups is 1. The highest BCUT2D eigenvalue weighted by molar-refractivity contribution is 7.15. The van der Waals surface area contributed by atoms with Gasteiger partial charge in [-0.3, -0.25) is 0 Å². The minimum atomic E-state index is 0.0866. The highest BCUT2D eigenvalue weighted by atomic mass is 32.1. The van der Waals surface area contributed by atoms with Gasteiger partial charge in [-0.1, -0.05) is 19.3 Å². The fourth-order valence-corrected chi connectivity index (χ4v) is 4.99. The molecule has 0 spiro atoms. The van der Waals surface area contributed by atoms with E-state index < -0.39 is 0 Å². The number of amides is 2. The second-order valence-corrected chi connectivity index (χ2v) is 8.39. The monoisotopic (exact) mass is 385 g/mol. The lowest BCUT2D eigenvalue weighted by atomic mass is 9.96. The van der Waals surface area contributed by atoms with Gasteiger partial charge in [0.05, 0.1) is 18.8 Å². The molecule has 2 aromatic rings. The molecule has 5 nitrogen and oxygen atoms in total. The van der Waals surface area contributed by atoms with Crippen molar-refractivity contribution >= 4 is 17.4 Å². The zero-order valence-corrected chi connectivity index (χ0v) is 16.7. The van der Waals surface area contributed by atoms with Gasteiger partial charge >= 0.3 is 6.03 Å². The quantitative estimate of drug-likeness (QED) is 0.836. The van der Waals surface area contributed by atoms with Crippen molar-refractivity contribution in [3.05, 3.63) is 34.8 Å². The summed E-state index contributed by atoms with van der Waals surface area (Å²) in [6, 6.07) is 8.54. The van der Waals surface area contributed by atoms with E-state index in [-0.39, 0.29) is 6.03 Å². The minimum Gasteiger partial charge on any atom is -0.494 e. The van der Waals surface area contributed by atoms with Crippen molar-refractivity contribution in [3.63, 3.8) is 0 Å². The van der Waals surface area contributed by atoms with Crippen LogP contribution in [0.1, 0.15) is 49.6 Å². The largest absolute Gasteiger partial charge is 0.494 e. The summed E-state index contributed by atoms with van der Waals surface area (Å²) in [7, 11) is 0. The van der Waals surface area contributed by atoms with Gasteiger partial charge in [-0.05, 0) is 44.0 Å². The predicted octanol–water partition coefficient (Wildman–Crippen LogP) is 4.61. The standard InChI is InChI=1S/C21H27N3O2S/c1-2-26-17-10-8-15(9-11-17)20-23-18-12-13-24(14-19(18)27-20)21(25)22-16-6-4-3-5-7-16/h8-11,16H,2-7,12-14H2,1H3,(H,22,25). The summed E-state index contributed by atoms with van der Waals surface area (Å²) in [5.74, 6) is 0.883. The number of thiazole rings is 1. The number of nitrogens with zero attached hydrogens (tertiary/aromatic N) is 2. The number of nitrogens with one attached hydrogen (secondary N) is 1. The highest BCUT2D eigenvalue weighted by Gasteiger charge is 2.26. The van der Waals surface area contributed by atoms with Crippen molar-refractivity contribution in [2.45, 2.75) is 58.0 Å². The smallest absolute Gasteiger partial charge is 0.317 e. The van der Waals surface area contributed by atoms with E-state index in [0.717, 1.165) is 47.8 Å². The van der Waals surface area contributed by atoms with Crippen LogP contribution >= 0.6 is 11.3 Å². The molecule has 0 unspecified atom stereocenters. The fraction of sp³-hybridized carbons (Fsp3) is 0.524. The molecule has 2 aliphatic rings. The van der Waals surface area contributed by atoms with E-state index in [1.165, 1.54) is 24.1 Å². The summed E-state index contributed by atoms with van der Waals surface area (Å²) in [6.45, 7) is 4.07. The number of ether oxygens (including phenoxy) is 1. The van der Waals surface area contributed by atoms with Gasteiger partial charge in [0.1, 0.15) is 10.8 Å². The van der Waals surface area contributed by atoms with Crippen molar-refractivity contribution in [2.75, 3.05) is 13.2 Å². The molecule has 1 fully saturated rings. The number of carbonyl (C=O) groups excluding carboxylic acids is 1. The first-order chi connectivity index (χ1) is 13.2. The molecule has 1 aliphatic heterocycles. The van der Waals surface area contributed by atoms with E-state index >= 15 is 0 Å². The minimum absolute atomic E-state index is 0.0866. The van der Waals surface area contributed by atoms with Gasteiger partial charge < -0.3 is 15.0 Å². The Morgan fingerprint density at radius 2 is 2.04 bits per heavy atom. The van der Waals surface area contributed by atoms with Crippen LogP contribution in [-0.2, 0) is 13.0 Å². The molecule has 1 aliphatic carbocycles. The van der Waals surface area contributed by atoms with Crippen LogP contribution in [0.4, 0.5) is 4.79 Å². The molecule has 4 rings (SSSR count). The molecule has 27 heavy (non-hydrogen) atoms. The Morgan fingerprint density at radius 1 is 1.26 bits per heavy atom. The summed E-state index contributed by atoms with van der Waals surface area (Å²) in [5, 5.41) is 4.26. The topological polar surface area (TPSA) is 54.5 Å². The molecule has 144 valence electrons. The van der Waals surface area contributed by atoms with Gasteiger partial charge in [-0.2, -0.15) is 0 Å². The van der Waals surface area contributed by atoms with Gasteiger partial charge in [0.15, 0.2) is 0 Å². The first-order valence-corrected chi connectivity index (χ1v) is 10.8. The van der Waals surface area contributed by atoms with Crippen LogP contribution in [0.3, 0.4) is 0 Å². The third-order valence-electron chi connectivity index (χ3n) is 5.36. The van der Waals surface area contributed by atoms with Crippen molar-refractivity contribution in [1.82, 2.24) is 15.2 Å². The van der Waals surface area contributed by atoms with Crippen molar-refractivity contribution < 1.29 is 9.53 Å². The summed E-state index contributed by atoms with van der Waals surface area (Å²) in [5.41, 5.74) is 2.25. The normalized spacial score (nSPS) is 17.4. The van der Waals surface area contributed by atoms with Gasteiger partial charge in [-0.15, -0.1) is 11.3 Å². The van der Waals surface area contributed by atoms with E-state index in [1.54, 1.807) is 11.3 Å². The van der Waals surface area contributed by atoms with Gasteiger partial charge in [0.2, 0.25) is 0 Å². The molecule has 0 saturated heterocycles. The van der Waals surface area contributed by atoms with Gasteiger partial charge in [0, 0.05) is 29.4 Å². The summed E-state index contributed by atoms with van der Waals surface area (Å²) in [6.07, 6.45) is 6.83. The van der Waals surface area contributed by atoms with E-state index in [1.807, 2.05) is 24.0 Å². The molecule has 0 bridgehead atoms. The lowest BCUT2D eigenvalue weighted by Crippen LogP contribution is -2.47. The van der Waals surface area contributed by atoms with Crippen LogP contribution < -0.4 is 10.1 Å². The highest BCUT2D eigenvalue weighted by Crippen LogP contribution is 2.32. The average molecular weight is 386 g/mol. The molecule has 1 aromatic carbocycles. The van der Waals surface area contributed by atoms with E-state index in [4.69, 9.17) is 9.72 Å². The van der Waals surface area contributed by atoms with E-state index in [0.29, 0.717) is 19.2 Å². The molecule has 0 radical (unpaired) electrons. The summed E-state index contributed by atoms with van der Waals surface area (Å²) >= 11 is 1.70. The van der Waals surface area contributed by atoms with Crippen LogP contribution in [0, 0.1) is 0 Å². The van der Waals surface area contributed by atoms with Crippen LogP contribution in [0.5, 0.6) is 5.75 Å².